The molecule has 30 heavy (non-hydrogen) atoms. The van der Waals surface area contributed by atoms with Crippen LogP contribution in [0.3, 0.4) is 0 Å². The Labute approximate surface area is 178 Å². The van der Waals surface area contributed by atoms with Crippen LogP contribution in [-0.2, 0) is 4.79 Å². The summed E-state index contributed by atoms with van der Waals surface area (Å²) in [4.78, 5) is 18.2. The minimum Gasteiger partial charge on any atom is -0.497 e. The number of anilines is 2. The van der Waals surface area contributed by atoms with Crippen LogP contribution in [0, 0.1) is 0 Å². The molecule has 0 aliphatic carbocycles. The molecule has 1 amide bonds. The van der Waals surface area contributed by atoms with E-state index < -0.39 is 0 Å². The smallest absolute Gasteiger partial charge is 0.247 e. The number of aromatic nitrogens is 2. The monoisotopic (exact) mass is 419 g/mol. The Morgan fingerprint density at radius 2 is 1.70 bits per heavy atom. The Balaban J connectivity index is 1.95. The molecule has 2 heterocycles. The minimum absolute atomic E-state index is 0.254. The molecule has 4 rings (SSSR count). The summed E-state index contributed by atoms with van der Waals surface area (Å²) >= 11 is 6.39. The predicted octanol–water partition coefficient (Wildman–Crippen LogP) is 5.75. The first kappa shape index (κ1) is 19.7. The number of rotatable bonds is 5. The van der Waals surface area contributed by atoms with E-state index in [-0.39, 0.29) is 11.8 Å². The zero-order valence-electron chi connectivity index (χ0n) is 16.4. The molecule has 150 valence electrons. The minimum atomic E-state index is -0.254. The van der Waals surface area contributed by atoms with E-state index >= 15 is 0 Å². The van der Waals surface area contributed by atoms with Gasteiger partial charge in [0.2, 0.25) is 11.8 Å². The lowest BCUT2D eigenvalue weighted by atomic mass is 10.0. The number of ether oxygens (including phenoxy) is 1. The molecule has 0 atom stereocenters. The van der Waals surface area contributed by atoms with E-state index in [1.54, 1.807) is 37.7 Å². The maximum atomic E-state index is 12.7. The van der Waals surface area contributed by atoms with Crippen LogP contribution < -0.4 is 9.64 Å². The Hall–Kier alpha value is -3.64. The third-order valence-corrected chi connectivity index (χ3v) is 4.94. The Bertz CT molecular complexity index is 1170. The SMILES string of the molecule is COc1ccc(-c2noc(N(C(C)=O)c3ccccc3Cl)c2-c2ccncc2)cc1. The highest BCUT2D eigenvalue weighted by Gasteiger charge is 2.28. The normalized spacial score (nSPS) is 10.6. The summed E-state index contributed by atoms with van der Waals surface area (Å²) in [7, 11) is 1.61. The summed E-state index contributed by atoms with van der Waals surface area (Å²) in [5, 5.41) is 4.73. The first-order valence-corrected chi connectivity index (χ1v) is 9.57. The number of nitrogens with zero attached hydrogens (tertiary/aromatic N) is 3. The van der Waals surface area contributed by atoms with Crippen molar-refractivity contribution in [2.24, 2.45) is 0 Å². The van der Waals surface area contributed by atoms with Crippen molar-refractivity contribution in [1.82, 2.24) is 10.1 Å². The largest absolute Gasteiger partial charge is 0.497 e. The van der Waals surface area contributed by atoms with Crippen molar-refractivity contribution in [1.29, 1.82) is 0 Å². The quantitative estimate of drug-likeness (QED) is 0.412. The summed E-state index contributed by atoms with van der Waals surface area (Å²) < 4.78 is 11.0. The number of carbonyl (C=O) groups is 1. The van der Waals surface area contributed by atoms with Crippen molar-refractivity contribution < 1.29 is 14.1 Å². The second-order valence-electron chi connectivity index (χ2n) is 6.48. The molecule has 0 fully saturated rings. The van der Waals surface area contributed by atoms with Crippen molar-refractivity contribution in [3.63, 3.8) is 0 Å². The number of amides is 1. The van der Waals surface area contributed by atoms with E-state index in [4.69, 9.17) is 20.9 Å². The lowest BCUT2D eigenvalue weighted by Crippen LogP contribution is -2.23. The highest BCUT2D eigenvalue weighted by Crippen LogP contribution is 2.43. The molecule has 2 aromatic carbocycles. The average Bonchev–Trinajstić information content (AvgIpc) is 3.20. The van der Waals surface area contributed by atoms with E-state index in [2.05, 4.69) is 10.1 Å². The fraction of sp³-hybridized carbons (Fsp3) is 0.0870. The van der Waals surface area contributed by atoms with E-state index in [9.17, 15) is 4.79 Å². The van der Waals surface area contributed by atoms with Crippen molar-refractivity contribution in [3.05, 3.63) is 78.1 Å². The van der Waals surface area contributed by atoms with Crippen LogP contribution in [0.1, 0.15) is 6.92 Å². The Kier molecular flexibility index (Phi) is 5.50. The molecule has 6 nitrogen and oxygen atoms in total. The Morgan fingerprint density at radius 3 is 2.33 bits per heavy atom. The van der Waals surface area contributed by atoms with Gasteiger partial charge in [0.05, 0.1) is 23.4 Å². The van der Waals surface area contributed by atoms with Crippen LogP contribution in [0.2, 0.25) is 5.02 Å². The van der Waals surface area contributed by atoms with Crippen LogP contribution in [-0.4, -0.2) is 23.2 Å². The van der Waals surface area contributed by atoms with Gasteiger partial charge in [-0.3, -0.25) is 9.78 Å². The third kappa shape index (κ3) is 3.65. The van der Waals surface area contributed by atoms with Crippen molar-refractivity contribution in [2.45, 2.75) is 6.92 Å². The number of halogens is 1. The van der Waals surface area contributed by atoms with Crippen molar-refractivity contribution >= 4 is 29.1 Å². The standard InChI is InChI=1S/C23H18ClN3O3/c1-15(28)27(20-6-4-3-5-19(20)24)23-21(16-11-13-25-14-12-16)22(26-30-23)17-7-9-18(29-2)10-8-17/h3-14H,1-2H3. The van der Waals surface area contributed by atoms with Gasteiger partial charge in [0.25, 0.3) is 0 Å². The molecule has 0 aliphatic heterocycles. The van der Waals surface area contributed by atoms with Gasteiger partial charge in [-0.1, -0.05) is 28.9 Å². The molecule has 0 saturated heterocycles. The Morgan fingerprint density at radius 1 is 1.00 bits per heavy atom. The van der Waals surface area contributed by atoms with Gasteiger partial charge in [0.1, 0.15) is 11.4 Å². The van der Waals surface area contributed by atoms with Crippen LogP contribution in [0.4, 0.5) is 11.6 Å². The maximum Gasteiger partial charge on any atom is 0.247 e. The van der Waals surface area contributed by atoms with Crippen LogP contribution in [0.15, 0.2) is 77.6 Å². The first-order chi connectivity index (χ1) is 14.6. The lowest BCUT2D eigenvalue weighted by Gasteiger charge is -2.20. The van der Waals surface area contributed by atoms with Gasteiger partial charge >= 0.3 is 0 Å². The van der Waals surface area contributed by atoms with Crippen LogP contribution in [0.5, 0.6) is 5.75 Å². The van der Waals surface area contributed by atoms with E-state index in [1.165, 1.54) is 11.8 Å². The van der Waals surface area contributed by atoms with Crippen molar-refractivity contribution in [3.8, 4) is 28.1 Å². The van der Waals surface area contributed by atoms with E-state index in [0.29, 0.717) is 22.0 Å². The summed E-state index contributed by atoms with van der Waals surface area (Å²) in [5.41, 5.74) is 3.40. The highest BCUT2D eigenvalue weighted by molar-refractivity contribution is 6.34. The molecule has 0 bridgehead atoms. The highest BCUT2D eigenvalue weighted by atomic mass is 35.5. The first-order valence-electron chi connectivity index (χ1n) is 9.20. The summed E-state index contributed by atoms with van der Waals surface area (Å²) in [5.74, 6) is 0.762. The number of methoxy groups -OCH3 is 1. The molecule has 0 aliphatic rings. The second-order valence-corrected chi connectivity index (χ2v) is 6.89. The number of para-hydroxylation sites is 1. The molecule has 0 N–H and O–H groups in total. The molecular weight excluding hydrogens is 402 g/mol. The van der Waals surface area contributed by atoms with Gasteiger partial charge in [0.15, 0.2) is 0 Å². The predicted molar refractivity (Wildman–Crippen MR) is 116 cm³/mol. The van der Waals surface area contributed by atoms with E-state index in [0.717, 1.165) is 16.9 Å². The van der Waals surface area contributed by atoms with Gasteiger partial charge in [-0.05, 0) is 54.1 Å². The molecule has 0 radical (unpaired) electrons. The van der Waals surface area contributed by atoms with Gasteiger partial charge < -0.3 is 9.26 Å². The molecule has 7 heteroatoms. The average molecular weight is 420 g/mol. The van der Waals surface area contributed by atoms with Crippen molar-refractivity contribution in [2.75, 3.05) is 12.0 Å². The molecule has 0 saturated carbocycles. The molecule has 0 spiro atoms. The molecule has 4 aromatic rings. The zero-order chi connectivity index (χ0) is 21.1. The molecule has 0 unspecified atom stereocenters. The topological polar surface area (TPSA) is 68.5 Å². The third-order valence-electron chi connectivity index (χ3n) is 4.62. The van der Waals surface area contributed by atoms with Crippen LogP contribution in [0.25, 0.3) is 22.4 Å². The van der Waals surface area contributed by atoms with Gasteiger partial charge in [-0.15, -0.1) is 0 Å². The number of hydrogen-bond donors (Lipinski definition) is 0. The van der Waals surface area contributed by atoms with Crippen LogP contribution >= 0.6 is 11.6 Å². The van der Waals surface area contributed by atoms with E-state index in [1.807, 2.05) is 42.5 Å². The summed E-state index contributed by atoms with van der Waals surface area (Å²) in [6, 6.07) is 18.2. The fourth-order valence-electron chi connectivity index (χ4n) is 3.21. The number of benzene rings is 2. The molecular formula is C23H18ClN3O3. The number of pyridine rings is 1. The van der Waals surface area contributed by atoms with Gasteiger partial charge in [0, 0.05) is 24.9 Å². The lowest BCUT2D eigenvalue weighted by molar-refractivity contribution is -0.116. The fourth-order valence-corrected chi connectivity index (χ4v) is 3.43. The second kappa shape index (κ2) is 8.39. The maximum absolute atomic E-state index is 12.7. The van der Waals surface area contributed by atoms with Gasteiger partial charge in [-0.25, -0.2) is 4.90 Å². The molecule has 2 aromatic heterocycles. The van der Waals surface area contributed by atoms with Gasteiger partial charge in [-0.2, -0.15) is 0 Å². The summed E-state index contributed by atoms with van der Waals surface area (Å²) in [6.07, 6.45) is 3.36. The zero-order valence-corrected chi connectivity index (χ0v) is 17.1. The number of hydrogen-bond acceptors (Lipinski definition) is 5. The number of carbonyl (C=O) groups excluding carboxylic acids is 1. The summed E-state index contributed by atoms with van der Waals surface area (Å²) in [6.45, 7) is 1.45.